The van der Waals surface area contributed by atoms with Crippen LogP contribution in [-0.2, 0) is 21.4 Å². The summed E-state index contributed by atoms with van der Waals surface area (Å²) in [4.78, 5) is 21.7. The predicted molar refractivity (Wildman–Crippen MR) is 201 cm³/mol. The number of hydrogen-bond donors (Lipinski definition) is 0. The fourth-order valence-electron chi connectivity index (χ4n) is 6.84. The Morgan fingerprint density at radius 2 is 1.67 bits per heavy atom. The Morgan fingerprint density at radius 1 is 0.923 bits per heavy atom. The van der Waals surface area contributed by atoms with Crippen molar-refractivity contribution in [1.29, 1.82) is 0 Å². The number of carbonyl (C=O) groups is 1. The zero-order chi connectivity index (χ0) is 36.4. The molecule has 6 aromatic rings. The maximum Gasteiger partial charge on any atom is 0.338 e. The van der Waals surface area contributed by atoms with Crippen molar-refractivity contribution in [3.05, 3.63) is 120 Å². The maximum atomic E-state index is 12.6. The smallest absolute Gasteiger partial charge is 0.338 e. The molecule has 4 aromatic carbocycles. The van der Waals surface area contributed by atoms with Gasteiger partial charge >= 0.3 is 5.97 Å². The van der Waals surface area contributed by atoms with Crippen LogP contribution in [0.15, 0.2) is 113 Å². The van der Waals surface area contributed by atoms with E-state index in [1.807, 2.05) is 108 Å². The van der Waals surface area contributed by atoms with E-state index >= 15 is 0 Å². The third-order valence-corrected chi connectivity index (χ3v) is 9.88. The van der Waals surface area contributed by atoms with E-state index in [4.69, 9.17) is 14.1 Å². The summed E-state index contributed by atoms with van der Waals surface area (Å²) in [5.74, 6) is 1.35. The number of anilines is 2. The number of oxazole rings is 1. The van der Waals surface area contributed by atoms with E-state index in [1.54, 1.807) is 13.0 Å². The average Bonchev–Trinajstić information content (AvgIpc) is 3.80. The third-order valence-electron chi connectivity index (χ3n) is 9.09. The Bertz CT molecular complexity index is 2420. The van der Waals surface area contributed by atoms with Crippen LogP contribution in [0.5, 0.6) is 0 Å². The van der Waals surface area contributed by atoms with Crippen LogP contribution >= 0.6 is 0 Å². The summed E-state index contributed by atoms with van der Waals surface area (Å²) >= 11 is 0. The van der Waals surface area contributed by atoms with Gasteiger partial charge in [-0.15, -0.1) is 0 Å². The number of ether oxygens (including phenoxy) is 1. The summed E-state index contributed by atoms with van der Waals surface area (Å²) < 4.78 is 50.6. The first-order valence-electron chi connectivity index (χ1n) is 17.4. The number of aromatic nitrogens is 3. The molecule has 2 aromatic heterocycles. The van der Waals surface area contributed by atoms with Crippen LogP contribution in [0.1, 0.15) is 43.4 Å². The zero-order valence-electron chi connectivity index (χ0n) is 29.2. The van der Waals surface area contributed by atoms with Gasteiger partial charge < -0.3 is 23.5 Å². The first-order chi connectivity index (χ1) is 25.2. The Labute approximate surface area is 302 Å². The minimum Gasteiger partial charge on any atom is -0.748 e. The molecule has 0 unspecified atom stereocenters. The van der Waals surface area contributed by atoms with Crippen LogP contribution in [0.25, 0.3) is 45.4 Å². The molecule has 266 valence electrons. The zero-order valence-corrected chi connectivity index (χ0v) is 30.0. The van der Waals surface area contributed by atoms with E-state index in [2.05, 4.69) is 28.2 Å². The first-order valence-corrected chi connectivity index (χ1v) is 19.0. The number of nitrogens with zero attached hydrogens (tertiary/aromatic N) is 5. The lowest BCUT2D eigenvalue weighted by Crippen LogP contribution is -2.37. The molecular formula is C40H39N5O6S. The maximum absolute atomic E-state index is 12.6. The van der Waals surface area contributed by atoms with Gasteiger partial charge in [-0.05, 0) is 87.9 Å². The molecule has 0 atom stereocenters. The largest absolute Gasteiger partial charge is 0.748 e. The molecule has 0 radical (unpaired) electrons. The number of fused-ring (bicyclic) bond motifs is 3. The Hall–Kier alpha value is -5.72. The highest BCUT2D eigenvalue weighted by atomic mass is 32.2. The molecule has 0 bridgehead atoms. The van der Waals surface area contributed by atoms with E-state index < -0.39 is 15.9 Å². The highest BCUT2D eigenvalue weighted by molar-refractivity contribution is 7.85. The Balaban J connectivity index is 1.36. The average molecular weight is 718 g/mol. The van der Waals surface area contributed by atoms with Crippen molar-refractivity contribution in [3.8, 4) is 17.1 Å². The third kappa shape index (κ3) is 6.70. The SMILES string of the molecule is CCOC(=O)c1ccc2c(c1)N(CC)/C(=C\C=C\c1n(-c3ccccc3)c3ccc(-c4nc5ccccc5o4)cc3[n+]1CCCS(=O)(=O)[O-])N2CC. The Morgan fingerprint density at radius 3 is 2.40 bits per heavy atom. The minimum absolute atomic E-state index is 0.130. The van der Waals surface area contributed by atoms with E-state index in [1.165, 1.54) is 0 Å². The van der Waals surface area contributed by atoms with Crippen LogP contribution < -0.4 is 14.4 Å². The summed E-state index contributed by atoms with van der Waals surface area (Å²) in [6.45, 7) is 7.89. The van der Waals surface area contributed by atoms with Crippen molar-refractivity contribution in [3.63, 3.8) is 0 Å². The topological polar surface area (TPSA) is 125 Å². The van der Waals surface area contributed by atoms with Gasteiger partial charge in [-0.3, -0.25) is 0 Å². The second-order valence-corrected chi connectivity index (χ2v) is 13.8. The molecule has 11 nitrogen and oxygen atoms in total. The lowest BCUT2D eigenvalue weighted by atomic mass is 10.1. The van der Waals surface area contributed by atoms with Gasteiger partial charge in [0.2, 0.25) is 5.89 Å². The van der Waals surface area contributed by atoms with E-state index in [9.17, 15) is 17.8 Å². The second-order valence-electron chi connectivity index (χ2n) is 12.3. The van der Waals surface area contributed by atoms with E-state index in [-0.39, 0.29) is 18.9 Å². The molecule has 0 saturated carbocycles. The highest BCUT2D eigenvalue weighted by Crippen LogP contribution is 2.42. The Kier molecular flexibility index (Phi) is 9.67. The summed E-state index contributed by atoms with van der Waals surface area (Å²) in [5, 5.41) is 0. The van der Waals surface area contributed by atoms with Crippen molar-refractivity contribution in [1.82, 2.24) is 9.55 Å². The number of allylic oxidation sites excluding steroid dienone is 2. The van der Waals surface area contributed by atoms with Gasteiger partial charge in [-0.25, -0.2) is 22.8 Å². The molecule has 0 spiro atoms. The molecule has 3 heterocycles. The van der Waals surface area contributed by atoms with Crippen molar-refractivity contribution in [2.45, 2.75) is 33.7 Å². The molecule has 0 saturated heterocycles. The van der Waals surface area contributed by atoms with Crippen molar-refractivity contribution in [2.75, 3.05) is 35.2 Å². The number of para-hydroxylation sites is 3. The molecule has 0 amide bonds. The van der Waals surface area contributed by atoms with Crippen LogP contribution in [0.4, 0.5) is 11.4 Å². The number of esters is 1. The first kappa shape index (κ1) is 34.7. The predicted octanol–water partition coefficient (Wildman–Crippen LogP) is 7.06. The molecule has 0 N–H and O–H groups in total. The fourth-order valence-corrected chi connectivity index (χ4v) is 7.32. The standard InChI is InChI=1S/C40H39N5O6S/c1-4-42-32-22-21-29(40(46)50-6-3)27-34(32)43(5-2)37(42)18-12-19-38-44(24-13-25-52(47,48)49)35-26-28(39-41-31-16-10-11-17-36(31)51-39)20-23-33(35)45(38)30-14-8-7-9-15-30/h7-12,14-23,26-27H,4-6,13,24-25H2,1-3H3. The van der Waals surface area contributed by atoms with Gasteiger partial charge in [0.15, 0.2) is 16.6 Å². The molecule has 1 aliphatic rings. The number of imidazole rings is 1. The van der Waals surface area contributed by atoms with E-state index in [0.717, 1.165) is 50.8 Å². The monoisotopic (exact) mass is 717 g/mol. The molecule has 7 rings (SSSR count). The van der Waals surface area contributed by atoms with Crippen LogP contribution in [0.3, 0.4) is 0 Å². The lowest BCUT2D eigenvalue weighted by Gasteiger charge is -2.23. The summed E-state index contributed by atoms with van der Waals surface area (Å²) in [6, 6.07) is 29.1. The number of hydrogen-bond acceptors (Lipinski definition) is 9. The summed E-state index contributed by atoms with van der Waals surface area (Å²) in [5.41, 5.74) is 7.23. The molecular weight excluding hydrogens is 679 g/mol. The van der Waals surface area contributed by atoms with Gasteiger partial charge in [0.1, 0.15) is 17.0 Å². The summed E-state index contributed by atoms with van der Waals surface area (Å²) in [6.07, 6.45) is 6.15. The fraction of sp³-hybridized carbons (Fsp3) is 0.225. The normalized spacial score (nSPS) is 14.0. The van der Waals surface area contributed by atoms with Crippen LogP contribution in [0, 0.1) is 0 Å². The van der Waals surface area contributed by atoms with Crippen molar-refractivity contribution in [2.24, 2.45) is 0 Å². The van der Waals surface area contributed by atoms with Gasteiger partial charge in [0, 0.05) is 36.5 Å². The number of benzene rings is 4. The minimum atomic E-state index is -4.42. The van der Waals surface area contributed by atoms with Gasteiger partial charge in [-0.1, -0.05) is 36.4 Å². The van der Waals surface area contributed by atoms with E-state index in [0.29, 0.717) is 36.7 Å². The van der Waals surface area contributed by atoms with Crippen molar-refractivity contribution < 1.29 is 31.5 Å². The number of aryl methyl sites for hydroxylation is 1. The molecule has 12 heteroatoms. The molecule has 0 fully saturated rings. The molecule has 1 aliphatic heterocycles. The highest BCUT2D eigenvalue weighted by Gasteiger charge is 2.31. The van der Waals surface area contributed by atoms with Gasteiger partial charge in [0.25, 0.3) is 5.82 Å². The number of rotatable bonds is 12. The second kappa shape index (κ2) is 14.5. The van der Waals surface area contributed by atoms with Gasteiger partial charge in [-0.2, -0.15) is 4.57 Å². The quantitative estimate of drug-likeness (QED) is 0.0744. The summed E-state index contributed by atoms with van der Waals surface area (Å²) in [7, 11) is -4.42. The van der Waals surface area contributed by atoms with Gasteiger partial charge in [0.05, 0.1) is 40.2 Å². The molecule has 52 heavy (non-hydrogen) atoms. The lowest BCUT2D eigenvalue weighted by molar-refractivity contribution is -0.673. The number of carbonyl (C=O) groups excluding carboxylic acids is 1. The van der Waals surface area contributed by atoms with Crippen molar-refractivity contribution >= 4 is 55.7 Å². The van der Waals surface area contributed by atoms with Crippen LogP contribution in [0.2, 0.25) is 0 Å². The van der Waals surface area contributed by atoms with Crippen LogP contribution in [-0.4, -0.2) is 53.9 Å². The molecule has 0 aliphatic carbocycles.